The van der Waals surface area contributed by atoms with E-state index in [1.54, 1.807) is 18.3 Å². The molecule has 1 atom stereocenters. The van der Waals surface area contributed by atoms with Crippen molar-refractivity contribution in [3.05, 3.63) is 59.9 Å². The summed E-state index contributed by atoms with van der Waals surface area (Å²) in [5.74, 6) is 0. The number of aromatic nitrogens is 1. The molecular formula is C14H13BF2N4. The average Bonchev–Trinajstić information content (AvgIpc) is 2.94. The lowest BCUT2D eigenvalue weighted by atomic mass is 9.89. The van der Waals surface area contributed by atoms with E-state index >= 15 is 0 Å². The second-order valence-corrected chi connectivity index (χ2v) is 5.27. The quantitative estimate of drug-likeness (QED) is 0.790. The van der Waals surface area contributed by atoms with E-state index in [2.05, 4.69) is 15.6 Å². The van der Waals surface area contributed by atoms with Crippen LogP contribution in [0.3, 0.4) is 0 Å². The van der Waals surface area contributed by atoms with Gasteiger partial charge in [-0.15, -0.1) is 0 Å². The van der Waals surface area contributed by atoms with E-state index in [4.69, 9.17) is 0 Å². The van der Waals surface area contributed by atoms with Crippen LogP contribution in [0.4, 0.5) is 14.3 Å². The van der Waals surface area contributed by atoms with E-state index < -0.39 is 6.97 Å². The summed E-state index contributed by atoms with van der Waals surface area (Å²) in [7, 11) is 0. The van der Waals surface area contributed by atoms with Crippen molar-refractivity contribution in [1.82, 2.24) is 10.4 Å². The number of hydrazone groups is 1. The van der Waals surface area contributed by atoms with E-state index in [1.807, 2.05) is 30.3 Å². The van der Waals surface area contributed by atoms with Gasteiger partial charge in [0.15, 0.2) is 5.71 Å². The Morgan fingerprint density at radius 2 is 1.95 bits per heavy atom. The zero-order valence-corrected chi connectivity index (χ0v) is 11.1. The van der Waals surface area contributed by atoms with Gasteiger partial charge in [0.2, 0.25) is 0 Å². The standard InChI is InChI=1S/C14H13BF2N4/c16-15(17)19-11-6-2-1-5-10(11)14-9-13(20-21(14)15)12-7-3-4-8-18-12/h1-8,13,19-20H,9H2. The van der Waals surface area contributed by atoms with Gasteiger partial charge in [-0.1, -0.05) is 18.2 Å². The van der Waals surface area contributed by atoms with Gasteiger partial charge in [0.25, 0.3) is 0 Å². The van der Waals surface area contributed by atoms with Crippen LogP contribution in [-0.4, -0.2) is 22.3 Å². The van der Waals surface area contributed by atoms with Crippen molar-refractivity contribution >= 4 is 18.4 Å². The van der Waals surface area contributed by atoms with Gasteiger partial charge in [-0.25, -0.2) is 10.0 Å². The predicted molar refractivity (Wildman–Crippen MR) is 77.1 cm³/mol. The largest absolute Gasteiger partial charge is 0.752 e. The Balaban J connectivity index is 1.77. The fourth-order valence-corrected chi connectivity index (χ4v) is 2.98. The summed E-state index contributed by atoms with van der Waals surface area (Å²) in [5.41, 5.74) is 5.57. The maximum absolute atomic E-state index is 14.3. The van der Waals surface area contributed by atoms with Gasteiger partial charge < -0.3 is 13.9 Å². The summed E-state index contributed by atoms with van der Waals surface area (Å²) >= 11 is 0. The number of para-hydroxylation sites is 1. The number of hydrazine groups is 1. The number of nitrogens with one attached hydrogen (secondary N) is 2. The Bertz CT molecular complexity index is 733. The van der Waals surface area contributed by atoms with Crippen LogP contribution in [0, 0.1) is 0 Å². The van der Waals surface area contributed by atoms with Crippen molar-refractivity contribution in [2.45, 2.75) is 12.5 Å². The monoisotopic (exact) mass is 286 g/mol. The third-order valence-electron chi connectivity index (χ3n) is 3.92. The molecule has 0 amide bonds. The molecule has 0 aliphatic carbocycles. The highest BCUT2D eigenvalue weighted by Gasteiger charge is 2.53. The highest BCUT2D eigenvalue weighted by atomic mass is 19.2. The Hall–Kier alpha value is -2.44. The van der Waals surface area contributed by atoms with Crippen LogP contribution in [0.1, 0.15) is 23.7 Å². The minimum absolute atomic E-state index is 0.234. The molecule has 0 spiro atoms. The fraction of sp³-hybridized carbons (Fsp3) is 0.143. The maximum Gasteiger partial charge on any atom is 0.752 e. The highest BCUT2D eigenvalue weighted by molar-refractivity contribution is 6.63. The van der Waals surface area contributed by atoms with Gasteiger partial charge in [0.05, 0.1) is 17.7 Å². The molecule has 0 saturated heterocycles. The van der Waals surface area contributed by atoms with Crippen LogP contribution < -0.4 is 10.7 Å². The molecule has 1 aromatic heterocycles. The Kier molecular flexibility index (Phi) is 2.51. The number of benzene rings is 1. The van der Waals surface area contributed by atoms with E-state index in [0.29, 0.717) is 17.8 Å². The molecule has 0 fully saturated rings. The molecule has 1 aromatic carbocycles. The normalized spacial score (nSPS) is 22.1. The SMILES string of the molecule is F[B-]1(F)Nc2ccccc2C2=[N+]1NC(c1ccccn1)C2. The molecule has 2 aromatic rings. The van der Waals surface area contributed by atoms with Crippen LogP contribution in [-0.2, 0) is 0 Å². The summed E-state index contributed by atoms with van der Waals surface area (Å²) in [5, 5.41) is 2.33. The maximum atomic E-state index is 14.3. The van der Waals surface area contributed by atoms with Gasteiger partial charge >= 0.3 is 6.97 Å². The van der Waals surface area contributed by atoms with Crippen LogP contribution >= 0.6 is 0 Å². The topological polar surface area (TPSA) is 40.0 Å². The summed E-state index contributed by atoms with van der Waals surface area (Å²) in [6.45, 7) is -3.87. The molecule has 0 bridgehead atoms. The molecule has 106 valence electrons. The summed E-state index contributed by atoms with van der Waals surface area (Å²) in [6.07, 6.45) is 2.17. The average molecular weight is 286 g/mol. The molecule has 2 N–H and O–H groups in total. The number of nitrogens with zero attached hydrogens (tertiary/aromatic N) is 2. The van der Waals surface area contributed by atoms with Gasteiger partial charge in [-0.2, -0.15) is 0 Å². The molecule has 3 heterocycles. The molecule has 0 saturated carbocycles. The van der Waals surface area contributed by atoms with E-state index in [-0.39, 0.29) is 6.04 Å². The first-order valence-electron chi connectivity index (χ1n) is 6.87. The predicted octanol–water partition coefficient (Wildman–Crippen LogP) is 2.33. The number of pyridine rings is 1. The molecule has 0 radical (unpaired) electrons. The Morgan fingerprint density at radius 3 is 2.76 bits per heavy atom. The van der Waals surface area contributed by atoms with Gasteiger partial charge in [-0.3, -0.25) is 4.98 Å². The van der Waals surface area contributed by atoms with Gasteiger partial charge in [-0.05, 0) is 24.3 Å². The molecule has 2 aliphatic rings. The molecule has 7 heteroatoms. The molecule has 4 nitrogen and oxygen atoms in total. The first-order chi connectivity index (χ1) is 10.1. The minimum atomic E-state index is -3.87. The van der Waals surface area contributed by atoms with Crippen molar-refractivity contribution < 1.29 is 13.2 Å². The summed E-state index contributed by atoms with van der Waals surface area (Å²) < 4.78 is 29.6. The minimum Gasteiger partial charge on any atom is -0.431 e. The second-order valence-electron chi connectivity index (χ2n) is 5.27. The second kappa shape index (κ2) is 4.28. The third kappa shape index (κ3) is 1.88. The zero-order chi connectivity index (χ0) is 14.4. The van der Waals surface area contributed by atoms with Crippen LogP contribution in [0.5, 0.6) is 0 Å². The Morgan fingerprint density at radius 1 is 1.14 bits per heavy atom. The molecule has 4 rings (SSSR count). The number of anilines is 1. The van der Waals surface area contributed by atoms with Crippen LogP contribution in [0.25, 0.3) is 0 Å². The number of hydrogen-bond donors (Lipinski definition) is 2. The van der Waals surface area contributed by atoms with Crippen LogP contribution in [0.15, 0.2) is 48.7 Å². The van der Waals surface area contributed by atoms with E-state index in [1.165, 1.54) is 0 Å². The van der Waals surface area contributed by atoms with Gasteiger partial charge in [0, 0.05) is 11.9 Å². The van der Waals surface area contributed by atoms with Crippen molar-refractivity contribution in [1.29, 1.82) is 0 Å². The number of rotatable bonds is 1. The van der Waals surface area contributed by atoms with Crippen molar-refractivity contribution in [2.75, 3.05) is 5.23 Å². The number of fused-ring (bicyclic) bond motifs is 2. The molecule has 2 aliphatic heterocycles. The third-order valence-corrected chi connectivity index (χ3v) is 3.92. The van der Waals surface area contributed by atoms with Crippen LogP contribution in [0.2, 0.25) is 0 Å². The van der Waals surface area contributed by atoms with Crippen molar-refractivity contribution in [3.8, 4) is 0 Å². The lowest BCUT2D eigenvalue weighted by Crippen LogP contribution is -2.55. The lowest BCUT2D eigenvalue weighted by molar-refractivity contribution is -0.485. The highest BCUT2D eigenvalue weighted by Crippen LogP contribution is 2.33. The first kappa shape index (κ1) is 12.3. The van der Waals surface area contributed by atoms with E-state index in [0.717, 1.165) is 15.9 Å². The number of halogens is 2. The smallest absolute Gasteiger partial charge is 0.431 e. The van der Waals surface area contributed by atoms with Crippen molar-refractivity contribution in [3.63, 3.8) is 0 Å². The van der Waals surface area contributed by atoms with Crippen molar-refractivity contribution in [2.24, 2.45) is 0 Å². The Labute approximate surface area is 120 Å². The lowest BCUT2D eigenvalue weighted by Gasteiger charge is -2.28. The fourth-order valence-electron chi connectivity index (χ4n) is 2.98. The molecular weight excluding hydrogens is 273 g/mol. The molecule has 21 heavy (non-hydrogen) atoms. The zero-order valence-electron chi connectivity index (χ0n) is 11.1. The molecule has 1 unspecified atom stereocenters. The first-order valence-corrected chi connectivity index (χ1v) is 6.87. The summed E-state index contributed by atoms with van der Waals surface area (Å²) in [4.78, 5) is 4.26. The van der Waals surface area contributed by atoms with Gasteiger partial charge in [0.1, 0.15) is 6.04 Å². The number of hydrogen-bond acceptors (Lipinski definition) is 3. The summed E-state index contributed by atoms with van der Waals surface area (Å²) in [6, 6.07) is 12.4. The van der Waals surface area contributed by atoms with E-state index in [9.17, 15) is 8.63 Å².